The zero-order valence-electron chi connectivity index (χ0n) is 7.92. The van der Waals surface area contributed by atoms with Crippen LogP contribution >= 0.6 is 24.8 Å². The first-order chi connectivity index (χ1) is 3.89. The number of hydrogen-bond donors (Lipinski definition) is 1. The monoisotopic (exact) mass is 202 g/mol. The van der Waals surface area contributed by atoms with E-state index >= 15 is 0 Å². The van der Waals surface area contributed by atoms with Gasteiger partial charge >= 0.3 is 0 Å². The Bertz CT molecular complexity index is 80.1. The van der Waals surface area contributed by atoms with E-state index in [1.807, 2.05) is 34.6 Å². The van der Waals surface area contributed by atoms with Gasteiger partial charge in [-0.2, -0.15) is 0 Å². The Morgan fingerprint density at radius 1 is 0.909 bits per heavy atom. The van der Waals surface area contributed by atoms with Crippen LogP contribution in [0.5, 0.6) is 0 Å². The third-order valence-electron chi connectivity index (χ3n) is 2.34. The molecular formula is C8H20Cl2O. The highest BCUT2D eigenvalue weighted by atomic mass is 35.5. The predicted octanol–water partition coefficient (Wildman–Crippen LogP) is 2.89. The third-order valence-corrected chi connectivity index (χ3v) is 2.34. The van der Waals surface area contributed by atoms with Gasteiger partial charge in [-0.25, -0.2) is 0 Å². The normalized spacial score (nSPS) is 10.9. The quantitative estimate of drug-likeness (QED) is 0.731. The van der Waals surface area contributed by atoms with Crippen molar-refractivity contribution in [1.29, 1.82) is 0 Å². The maximum Gasteiger partial charge on any atom is 0.0665 e. The van der Waals surface area contributed by atoms with Crippen LogP contribution in [0, 0.1) is 11.8 Å². The minimum atomic E-state index is -0.500. The summed E-state index contributed by atoms with van der Waals surface area (Å²) in [4.78, 5) is 0. The van der Waals surface area contributed by atoms with Gasteiger partial charge in [0.05, 0.1) is 5.60 Å². The minimum Gasteiger partial charge on any atom is -0.390 e. The summed E-state index contributed by atoms with van der Waals surface area (Å²) in [7, 11) is 0. The maximum atomic E-state index is 9.67. The number of hydrogen-bond acceptors (Lipinski definition) is 1. The zero-order valence-corrected chi connectivity index (χ0v) is 9.55. The van der Waals surface area contributed by atoms with E-state index in [1.165, 1.54) is 0 Å². The molecule has 0 amide bonds. The lowest BCUT2D eigenvalue weighted by atomic mass is 9.82. The molecule has 3 heteroatoms. The third kappa shape index (κ3) is 4.89. The number of halogens is 2. The Labute approximate surface area is 82.4 Å². The average molecular weight is 203 g/mol. The van der Waals surface area contributed by atoms with Gasteiger partial charge in [0.1, 0.15) is 0 Å². The van der Waals surface area contributed by atoms with Crippen molar-refractivity contribution in [2.45, 2.75) is 40.2 Å². The Morgan fingerprint density at radius 3 is 1.09 bits per heavy atom. The van der Waals surface area contributed by atoms with Gasteiger partial charge in [0.25, 0.3) is 0 Å². The summed E-state index contributed by atoms with van der Waals surface area (Å²) < 4.78 is 0. The van der Waals surface area contributed by atoms with Gasteiger partial charge in [0.2, 0.25) is 0 Å². The average Bonchev–Trinajstić information content (AvgIpc) is 1.65. The summed E-state index contributed by atoms with van der Waals surface area (Å²) >= 11 is 0. The molecule has 0 heterocycles. The maximum absolute atomic E-state index is 9.67. The molecule has 0 fully saturated rings. The van der Waals surface area contributed by atoms with Crippen molar-refractivity contribution in [1.82, 2.24) is 0 Å². The molecule has 0 saturated heterocycles. The first-order valence-electron chi connectivity index (χ1n) is 3.61. The van der Waals surface area contributed by atoms with Crippen LogP contribution < -0.4 is 0 Å². The van der Waals surface area contributed by atoms with Gasteiger partial charge in [-0.05, 0) is 18.8 Å². The van der Waals surface area contributed by atoms with Crippen molar-refractivity contribution in [3.8, 4) is 0 Å². The molecule has 0 aliphatic carbocycles. The van der Waals surface area contributed by atoms with Gasteiger partial charge < -0.3 is 5.11 Å². The Morgan fingerprint density at radius 2 is 1.09 bits per heavy atom. The molecule has 0 aromatic heterocycles. The van der Waals surface area contributed by atoms with Gasteiger partial charge in [0.15, 0.2) is 0 Å². The first-order valence-corrected chi connectivity index (χ1v) is 3.61. The van der Waals surface area contributed by atoms with Crippen molar-refractivity contribution in [2.75, 3.05) is 0 Å². The second kappa shape index (κ2) is 6.10. The second-order valence-corrected chi connectivity index (χ2v) is 3.54. The SMILES string of the molecule is CC(C)C(C)(O)C(C)C.Cl.Cl. The molecule has 0 rings (SSSR count). The van der Waals surface area contributed by atoms with Crippen LogP contribution in [0.4, 0.5) is 0 Å². The molecule has 72 valence electrons. The van der Waals surface area contributed by atoms with Crippen LogP contribution in [0.15, 0.2) is 0 Å². The molecular weight excluding hydrogens is 183 g/mol. The van der Waals surface area contributed by atoms with Crippen LogP contribution in [0.3, 0.4) is 0 Å². The van der Waals surface area contributed by atoms with Gasteiger partial charge in [-0.1, -0.05) is 27.7 Å². The lowest BCUT2D eigenvalue weighted by Gasteiger charge is -2.31. The summed E-state index contributed by atoms with van der Waals surface area (Å²) in [5.41, 5.74) is -0.500. The summed E-state index contributed by atoms with van der Waals surface area (Å²) in [6, 6.07) is 0. The number of rotatable bonds is 2. The zero-order chi connectivity index (χ0) is 7.65. The first kappa shape index (κ1) is 17.6. The number of aliphatic hydroxyl groups is 1. The predicted molar refractivity (Wildman–Crippen MR) is 54.8 cm³/mol. The summed E-state index contributed by atoms with van der Waals surface area (Å²) in [5.74, 6) is 0.690. The smallest absolute Gasteiger partial charge is 0.0665 e. The highest BCUT2D eigenvalue weighted by Gasteiger charge is 2.28. The second-order valence-electron chi connectivity index (χ2n) is 3.54. The molecule has 1 nitrogen and oxygen atoms in total. The van der Waals surface area contributed by atoms with E-state index in [2.05, 4.69) is 0 Å². The van der Waals surface area contributed by atoms with E-state index in [4.69, 9.17) is 0 Å². The molecule has 1 N–H and O–H groups in total. The van der Waals surface area contributed by atoms with Gasteiger partial charge in [0, 0.05) is 0 Å². The van der Waals surface area contributed by atoms with Crippen LogP contribution in [0.25, 0.3) is 0 Å². The lowest BCUT2D eigenvalue weighted by Crippen LogP contribution is -2.36. The molecule has 0 aromatic carbocycles. The molecule has 11 heavy (non-hydrogen) atoms. The molecule has 0 atom stereocenters. The highest BCUT2D eigenvalue weighted by molar-refractivity contribution is 5.85. The Hall–Kier alpha value is 0.540. The molecule has 0 aliphatic rings. The van der Waals surface area contributed by atoms with Crippen molar-refractivity contribution >= 4 is 24.8 Å². The lowest BCUT2D eigenvalue weighted by molar-refractivity contribution is -0.0289. The molecule has 0 aliphatic heterocycles. The molecule has 0 radical (unpaired) electrons. The van der Waals surface area contributed by atoms with Crippen molar-refractivity contribution in [3.05, 3.63) is 0 Å². The van der Waals surface area contributed by atoms with E-state index in [9.17, 15) is 5.11 Å². The summed E-state index contributed by atoms with van der Waals surface area (Å²) in [6.07, 6.45) is 0. The summed E-state index contributed by atoms with van der Waals surface area (Å²) in [6.45, 7) is 10.1. The van der Waals surface area contributed by atoms with E-state index in [0.29, 0.717) is 11.8 Å². The van der Waals surface area contributed by atoms with E-state index in [-0.39, 0.29) is 24.8 Å². The van der Waals surface area contributed by atoms with Gasteiger partial charge in [-0.3, -0.25) is 0 Å². The standard InChI is InChI=1S/C8H18O.2ClH/c1-6(2)8(5,9)7(3)4;;/h6-7,9H,1-5H3;2*1H. The van der Waals surface area contributed by atoms with E-state index < -0.39 is 5.60 Å². The van der Waals surface area contributed by atoms with Gasteiger partial charge in [-0.15, -0.1) is 24.8 Å². The fourth-order valence-corrected chi connectivity index (χ4v) is 0.667. The van der Waals surface area contributed by atoms with Crippen molar-refractivity contribution in [2.24, 2.45) is 11.8 Å². The fraction of sp³-hybridized carbons (Fsp3) is 1.00. The molecule has 0 unspecified atom stereocenters. The largest absolute Gasteiger partial charge is 0.390 e. The summed E-state index contributed by atoms with van der Waals surface area (Å²) in [5, 5.41) is 9.67. The molecule has 0 saturated carbocycles. The fourth-order valence-electron chi connectivity index (χ4n) is 0.667. The van der Waals surface area contributed by atoms with Crippen LogP contribution in [0.1, 0.15) is 34.6 Å². The molecule has 0 bridgehead atoms. The van der Waals surface area contributed by atoms with E-state index in [0.717, 1.165) is 0 Å². The van der Waals surface area contributed by atoms with E-state index in [1.54, 1.807) is 0 Å². The van der Waals surface area contributed by atoms with Crippen molar-refractivity contribution < 1.29 is 5.11 Å². The Kier molecular flexibility index (Phi) is 9.75. The van der Waals surface area contributed by atoms with Crippen molar-refractivity contribution in [3.63, 3.8) is 0 Å². The molecule has 0 aromatic rings. The Balaban J connectivity index is -0.000000320. The van der Waals surface area contributed by atoms with Crippen LogP contribution in [-0.2, 0) is 0 Å². The molecule has 0 spiro atoms. The van der Waals surface area contributed by atoms with Crippen LogP contribution in [-0.4, -0.2) is 10.7 Å². The van der Waals surface area contributed by atoms with Crippen LogP contribution in [0.2, 0.25) is 0 Å². The topological polar surface area (TPSA) is 20.2 Å². The minimum absolute atomic E-state index is 0. The highest BCUT2D eigenvalue weighted by Crippen LogP contribution is 2.24.